The van der Waals surface area contributed by atoms with Crippen LogP contribution in [-0.2, 0) is 19.2 Å². The van der Waals surface area contributed by atoms with Crippen LogP contribution in [0.25, 0.3) is 0 Å². The second-order valence-corrected chi connectivity index (χ2v) is 6.50. The third-order valence-corrected chi connectivity index (χ3v) is 4.63. The van der Waals surface area contributed by atoms with E-state index in [-0.39, 0.29) is 0 Å². The van der Waals surface area contributed by atoms with Gasteiger partial charge in [-0.2, -0.15) is 0 Å². The highest BCUT2D eigenvalue weighted by Crippen LogP contribution is 2.49. The van der Waals surface area contributed by atoms with Gasteiger partial charge in [-0.05, 0) is 32.8 Å². The van der Waals surface area contributed by atoms with Crippen molar-refractivity contribution < 1.29 is 18.7 Å². The fourth-order valence-corrected chi connectivity index (χ4v) is 3.14. The first-order valence-corrected chi connectivity index (χ1v) is 8.39. The lowest BCUT2D eigenvalue weighted by Crippen LogP contribution is -2.19. The van der Waals surface area contributed by atoms with E-state index < -0.39 is 13.2 Å². The van der Waals surface area contributed by atoms with E-state index in [4.69, 9.17) is 9.05 Å². The van der Waals surface area contributed by atoms with Crippen LogP contribution < -0.4 is 0 Å². The molecule has 4 nitrogen and oxygen atoms in total. The minimum atomic E-state index is -3.19. The average molecular weight is 298 g/mol. The molecular weight excluding hydrogens is 275 g/mol. The Balaban J connectivity index is 2.73. The van der Waals surface area contributed by atoms with Gasteiger partial charge < -0.3 is 14.2 Å². The molecule has 0 aliphatic rings. The Kier molecular flexibility index (Phi) is 6.63. The van der Waals surface area contributed by atoms with Gasteiger partial charge >= 0.3 is 7.60 Å². The molecule has 0 radical (unpaired) electrons. The lowest BCUT2D eigenvalue weighted by Gasteiger charge is -2.22. The largest absolute Gasteiger partial charge is 0.385 e. The van der Waals surface area contributed by atoms with Crippen molar-refractivity contribution in [2.75, 3.05) is 13.2 Å². The minimum absolute atomic E-state index is 0.316. The molecule has 0 bridgehead atoms. The van der Waals surface area contributed by atoms with Gasteiger partial charge in [0.05, 0.1) is 18.8 Å². The van der Waals surface area contributed by atoms with Crippen molar-refractivity contribution >= 4 is 7.60 Å². The summed E-state index contributed by atoms with van der Waals surface area (Å²) in [5.74, 6) is 1.43. The highest BCUT2D eigenvalue weighted by atomic mass is 31.2. The Bertz CT molecular complexity index is 458. The normalized spacial score (nSPS) is 15.4. The molecule has 20 heavy (non-hydrogen) atoms. The van der Waals surface area contributed by atoms with Gasteiger partial charge in [0.2, 0.25) is 0 Å². The van der Waals surface area contributed by atoms with Crippen molar-refractivity contribution in [2.45, 2.75) is 32.8 Å². The number of aliphatic hydroxyl groups is 1. The molecule has 0 saturated heterocycles. The van der Waals surface area contributed by atoms with Crippen LogP contribution >= 0.6 is 7.60 Å². The first-order chi connectivity index (χ1) is 9.43. The van der Waals surface area contributed by atoms with Gasteiger partial charge in [0.15, 0.2) is 0 Å². The van der Waals surface area contributed by atoms with E-state index in [2.05, 4.69) is 0 Å². The van der Waals surface area contributed by atoms with Crippen LogP contribution in [0.2, 0.25) is 0 Å². The maximum atomic E-state index is 12.2. The van der Waals surface area contributed by atoms with Gasteiger partial charge in [-0.25, -0.2) is 0 Å². The molecule has 112 valence electrons. The highest BCUT2D eigenvalue weighted by molar-refractivity contribution is 7.57. The third kappa shape index (κ3) is 5.22. The molecule has 1 N–H and O–H groups in total. The zero-order valence-corrected chi connectivity index (χ0v) is 13.2. The van der Waals surface area contributed by atoms with Crippen molar-refractivity contribution in [1.82, 2.24) is 0 Å². The fraction of sp³-hybridized carbons (Fsp3) is 0.467. The molecule has 0 heterocycles. The van der Waals surface area contributed by atoms with Crippen LogP contribution in [0.5, 0.6) is 0 Å². The van der Waals surface area contributed by atoms with Crippen LogP contribution in [0.1, 0.15) is 32.8 Å². The topological polar surface area (TPSA) is 55.8 Å². The smallest absolute Gasteiger partial charge is 0.353 e. The summed E-state index contributed by atoms with van der Waals surface area (Å²) in [5, 5.41) is 10.4. The number of hydrogen-bond acceptors (Lipinski definition) is 4. The van der Waals surface area contributed by atoms with Crippen LogP contribution in [0.15, 0.2) is 42.2 Å². The summed E-state index contributed by atoms with van der Waals surface area (Å²) in [7, 11) is -3.19. The molecule has 0 amide bonds. The van der Waals surface area contributed by atoms with Gasteiger partial charge in [0.1, 0.15) is 0 Å². The quantitative estimate of drug-likeness (QED) is 0.735. The van der Waals surface area contributed by atoms with Gasteiger partial charge in [0, 0.05) is 5.82 Å². The molecule has 5 heteroatoms. The van der Waals surface area contributed by atoms with E-state index in [1.54, 1.807) is 26.8 Å². The Morgan fingerprint density at radius 1 is 1.20 bits per heavy atom. The standard InChI is InChI=1S/C15H23O4P/c1-4-18-20(17,19-5-2)13-9-12-15(3,16)14-10-7-6-8-11-14/h6-11,13,16H,4-5,12H2,1-3H3/b13-9+. The zero-order chi connectivity index (χ0) is 15.1. The third-order valence-electron chi connectivity index (χ3n) is 2.82. The summed E-state index contributed by atoms with van der Waals surface area (Å²) in [6.45, 7) is 5.88. The Labute approximate surface area is 121 Å². The van der Waals surface area contributed by atoms with Crippen molar-refractivity contribution in [3.8, 4) is 0 Å². The lowest BCUT2D eigenvalue weighted by molar-refractivity contribution is 0.0605. The van der Waals surface area contributed by atoms with Crippen molar-refractivity contribution in [3.05, 3.63) is 47.8 Å². The number of benzene rings is 1. The Morgan fingerprint density at radius 2 is 1.75 bits per heavy atom. The predicted octanol–water partition coefficient (Wildman–Crippen LogP) is 4.06. The molecule has 0 saturated carbocycles. The van der Waals surface area contributed by atoms with Crippen molar-refractivity contribution in [3.63, 3.8) is 0 Å². The van der Waals surface area contributed by atoms with Crippen LogP contribution in [-0.4, -0.2) is 18.3 Å². The minimum Gasteiger partial charge on any atom is -0.385 e. The second-order valence-electron chi connectivity index (χ2n) is 4.60. The summed E-state index contributed by atoms with van der Waals surface area (Å²) < 4.78 is 22.5. The summed E-state index contributed by atoms with van der Waals surface area (Å²) >= 11 is 0. The molecule has 1 aromatic rings. The number of hydrogen-bond donors (Lipinski definition) is 1. The molecule has 0 aliphatic carbocycles. The van der Waals surface area contributed by atoms with Gasteiger partial charge in [0.25, 0.3) is 0 Å². The molecule has 0 aliphatic heterocycles. The summed E-state index contributed by atoms with van der Waals surface area (Å²) in [5.41, 5.74) is -0.201. The zero-order valence-electron chi connectivity index (χ0n) is 12.3. The van der Waals surface area contributed by atoms with Gasteiger partial charge in [-0.3, -0.25) is 4.57 Å². The van der Waals surface area contributed by atoms with E-state index in [0.29, 0.717) is 19.6 Å². The van der Waals surface area contributed by atoms with E-state index >= 15 is 0 Å². The van der Waals surface area contributed by atoms with Crippen molar-refractivity contribution in [2.24, 2.45) is 0 Å². The molecule has 0 aromatic heterocycles. The average Bonchev–Trinajstić information content (AvgIpc) is 2.40. The van der Waals surface area contributed by atoms with Crippen LogP contribution in [0.4, 0.5) is 0 Å². The van der Waals surface area contributed by atoms with Crippen LogP contribution in [0, 0.1) is 0 Å². The fourth-order valence-electron chi connectivity index (χ4n) is 1.81. The van der Waals surface area contributed by atoms with E-state index in [1.807, 2.05) is 30.3 Å². The molecule has 1 rings (SSSR count). The van der Waals surface area contributed by atoms with E-state index in [9.17, 15) is 9.67 Å². The maximum Gasteiger partial charge on any atom is 0.353 e. The second kappa shape index (κ2) is 7.75. The molecule has 1 unspecified atom stereocenters. The van der Waals surface area contributed by atoms with Gasteiger partial charge in [-0.1, -0.05) is 36.4 Å². The summed E-state index contributed by atoms with van der Waals surface area (Å²) in [4.78, 5) is 0. The summed E-state index contributed by atoms with van der Waals surface area (Å²) in [6.07, 6.45) is 1.99. The van der Waals surface area contributed by atoms with E-state index in [0.717, 1.165) is 5.56 Å². The number of rotatable bonds is 8. The maximum absolute atomic E-state index is 12.2. The van der Waals surface area contributed by atoms with E-state index in [1.165, 1.54) is 5.82 Å². The van der Waals surface area contributed by atoms with Crippen LogP contribution in [0.3, 0.4) is 0 Å². The first kappa shape index (κ1) is 17.1. The molecule has 0 fully saturated rings. The Hall–Kier alpha value is -0.930. The Morgan fingerprint density at radius 3 is 2.25 bits per heavy atom. The summed E-state index contributed by atoms with van der Waals surface area (Å²) in [6, 6.07) is 9.36. The SMILES string of the molecule is CCOP(=O)(/C=C/CC(C)(O)c1ccccc1)OCC. The first-order valence-electron chi connectivity index (χ1n) is 6.78. The molecular formula is C15H23O4P. The lowest BCUT2D eigenvalue weighted by atomic mass is 9.93. The van der Waals surface area contributed by atoms with Crippen molar-refractivity contribution in [1.29, 1.82) is 0 Å². The van der Waals surface area contributed by atoms with Gasteiger partial charge in [-0.15, -0.1) is 0 Å². The molecule has 1 atom stereocenters. The molecule has 1 aromatic carbocycles. The monoisotopic (exact) mass is 298 g/mol. The highest BCUT2D eigenvalue weighted by Gasteiger charge is 2.23. The predicted molar refractivity (Wildman–Crippen MR) is 80.6 cm³/mol. The molecule has 0 spiro atoms.